The van der Waals surface area contributed by atoms with Crippen LogP contribution >= 0.6 is 11.8 Å². The maximum atomic E-state index is 12.1. The number of amides is 4. The van der Waals surface area contributed by atoms with Gasteiger partial charge in [-0.15, -0.1) is 0 Å². The normalized spacial score (nSPS) is 20.6. The van der Waals surface area contributed by atoms with Gasteiger partial charge in [-0.1, -0.05) is 13.8 Å². The number of nitrogens with one attached hydrogen (secondary N) is 1. The van der Waals surface area contributed by atoms with E-state index in [2.05, 4.69) is 5.32 Å². The van der Waals surface area contributed by atoms with Crippen LogP contribution in [0, 0.1) is 11.8 Å². The lowest BCUT2D eigenvalue weighted by Gasteiger charge is -2.31. The summed E-state index contributed by atoms with van der Waals surface area (Å²) in [5.41, 5.74) is 0. The van der Waals surface area contributed by atoms with E-state index in [1.54, 1.807) is 11.8 Å². The first-order valence-electron chi connectivity index (χ1n) is 6.14. The Morgan fingerprint density at radius 1 is 1.28 bits per heavy atom. The fraction of sp³-hybridized carbons (Fsp3) is 0.750. The van der Waals surface area contributed by atoms with Crippen LogP contribution in [-0.2, 0) is 9.59 Å². The third-order valence-electron chi connectivity index (χ3n) is 2.94. The van der Waals surface area contributed by atoms with Crippen LogP contribution < -0.4 is 5.32 Å². The molecule has 0 radical (unpaired) electrons. The number of carbonyl (C=O) groups is 3. The molecule has 0 aliphatic carbocycles. The van der Waals surface area contributed by atoms with Gasteiger partial charge in [0.15, 0.2) is 0 Å². The van der Waals surface area contributed by atoms with E-state index in [0.29, 0.717) is 6.54 Å². The summed E-state index contributed by atoms with van der Waals surface area (Å²) in [6.45, 7) is 4.01. The van der Waals surface area contributed by atoms with Crippen molar-refractivity contribution < 1.29 is 14.4 Å². The van der Waals surface area contributed by atoms with Crippen LogP contribution in [0.5, 0.6) is 0 Å². The first-order valence-corrected chi connectivity index (χ1v) is 7.53. The van der Waals surface area contributed by atoms with Crippen molar-refractivity contribution in [1.82, 2.24) is 10.2 Å². The number of thioether (sulfide) groups is 1. The Balaban J connectivity index is 2.63. The molecule has 1 unspecified atom stereocenters. The molecule has 1 rings (SSSR count). The summed E-state index contributed by atoms with van der Waals surface area (Å²) < 4.78 is 0. The molecule has 1 fully saturated rings. The molecule has 4 amide bonds. The van der Waals surface area contributed by atoms with E-state index in [1.807, 2.05) is 20.1 Å². The van der Waals surface area contributed by atoms with E-state index in [1.165, 1.54) is 4.90 Å². The molecule has 102 valence electrons. The lowest BCUT2D eigenvalue weighted by Crippen LogP contribution is -2.59. The first-order chi connectivity index (χ1) is 8.49. The fourth-order valence-electron chi connectivity index (χ4n) is 1.95. The molecule has 1 atom stereocenters. The number of urea groups is 1. The molecule has 1 aliphatic rings. The molecule has 1 heterocycles. The number of barbiturate groups is 1. The van der Waals surface area contributed by atoms with Gasteiger partial charge in [0.25, 0.3) is 0 Å². The highest BCUT2D eigenvalue weighted by atomic mass is 32.2. The number of imide groups is 2. The molecule has 0 aromatic carbocycles. The van der Waals surface area contributed by atoms with Crippen molar-refractivity contribution >= 4 is 29.6 Å². The van der Waals surface area contributed by atoms with Crippen LogP contribution in [0.15, 0.2) is 0 Å². The SMILES string of the molecule is CSCCCCN1C(=O)NC(=O)C(C(C)C)C1=O. The summed E-state index contributed by atoms with van der Waals surface area (Å²) in [7, 11) is 0. The average Bonchev–Trinajstić information content (AvgIpc) is 2.26. The molecular weight excluding hydrogens is 252 g/mol. The van der Waals surface area contributed by atoms with E-state index in [-0.39, 0.29) is 11.8 Å². The van der Waals surface area contributed by atoms with E-state index >= 15 is 0 Å². The van der Waals surface area contributed by atoms with E-state index < -0.39 is 17.9 Å². The second kappa shape index (κ2) is 6.78. The summed E-state index contributed by atoms with van der Waals surface area (Å²) in [6, 6.07) is -0.578. The first kappa shape index (κ1) is 15.0. The molecule has 18 heavy (non-hydrogen) atoms. The van der Waals surface area contributed by atoms with Gasteiger partial charge in [0.05, 0.1) is 0 Å². The number of carbonyl (C=O) groups excluding carboxylic acids is 3. The van der Waals surface area contributed by atoms with Gasteiger partial charge in [-0.2, -0.15) is 11.8 Å². The third kappa shape index (κ3) is 3.48. The number of rotatable bonds is 6. The minimum Gasteiger partial charge on any atom is -0.277 e. The van der Waals surface area contributed by atoms with Crippen LogP contribution in [-0.4, -0.2) is 41.3 Å². The summed E-state index contributed by atoms with van der Waals surface area (Å²) in [4.78, 5) is 36.5. The highest BCUT2D eigenvalue weighted by Gasteiger charge is 2.41. The molecule has 1 N–H and O–H groups in total. The zero-order valence-electron chi connectivity index (χ0n) is 11.1. The van der Waals surface area contributed by atoms with E-state index in [0.717, 1.165) is 18.6 Å². The molecule has 0 spiro atoms. The Bertz CT molecular complexity index is 344. The Hall–Kier alpha value is -1.04. The quantitative estimate of drug-likeness (QED) is 0.587. The van der Waals surface area contributed by atoms with E-state index in [9.17, 15) is 14.4 Å². The number of nitrogens with zero attached hydrogens (tertiary/aromatic N) is 1. The summed E-state index contributed by atoms with van der Waals surface area (Å²) in [5, 5.41) is 2.25. The lowest BCUT2D eigenvalue weighted by molar-refractivity contribution is -0.144. The zero-order chi connectivity index (χ0) is 13.7. The van der Waals surface area contributed by atoms with Gasteiger partial charge < -0.3 is 0 Å². The fourth-order valence-corrected chi connectivity index (χ4v) is 2.44. The van der Waals surface area contributed by atoms with Gasteiger partial charge in [0.1, 0.15) is 5.92 Å². The van der Waals surface area contributed by atoms with Gasteiger partial charge >= 0.3 is 6.03 Å². The second-order valence-corrected chi connectivity index (χ2v) is 5.69. The van der Waals surface area contributed by atoms with Crippen LogP contribution in [0.25, 0.3) is 0 Å². The van der Waals surface area contributed by atoms with Crippen molar-refractivity contribution in [2.24, 2.45) is 11.8 Å². The van der Waals surface area contributed by atoms with Crippen molar-refractivity contribution in [3.05, 3.63) is 0 Å². The lowest BCUT2D eigenvalue weighted by atomic mass is 9.92. The molecule has 1 aliphatic heterocycles. The summed E-state index contributed by atoms with van der Waals surface area (Å²) in [6.07, 6.45) is 3.75. The number of hydrogen-bond acceptors (Lipinski definition) is 4. The van der Waals surface area contributed by atoms with Crippen molar-refractivity contribution in [2.75, 3.05) is 18.6 Å². The van der Waals surface area contributed by atoms with Gasteiger partial charge in [-0.25, -0.2) is 4.79 Å². The maximum Gasteiger partial charge on any atom is 0.330 e. The summed E-state index contributed by atoms with van der Waals surface area (Å²) >= 11 is 1.74. The molecule has 0 saturated carbocycles. The molecule has 0 bridgehead atoms. The standard InChI is InChI=1S/C12H20N2O3S/c1-8(2)9-10(15)13-12(17)14(11(9)16)6-4-5-7-18-3/h8-9H,4-7H2,1-3H3,(H,13,15,17). The smallest absolute Gasteiger partial charge is 0.277 e. The topological polar surface area (TPSA) is 66.5 Å². The average molecular weight is 272 g/mol. The maximum absolute atomic E-state index is 12.1. The summed E-state index contributed by atoms with van der Waals surface area (Å²) in [5.74, 6) is -0.651. The molecule has 0 aromatic rings. The van der Waals surface area contributed by atoms with Crippen molar-refractivity contribution in [1.29, 1.82) is 0 Å². The van der Waals surface area contributed by atoms with Crippen molar-refractivity contribution in [3.63, 3.8) is 0 Å². The molecule has 5 nitrogen and oxygen atoms in total. The molecule has 1 saturated heterocycles. The Morgan fingerprint density at radius 2 is 1.94 bits per heavy atom. The highest BCUT2D eigenvalue weighted by Crippen LogP contribution is 2.19. The van der Waals surface area contributed by atoms with Gasteiger partial charge in [-0.05, 0) is 30.8 Å². The number of hydrogen-bond donors (Lipinski definition) is 1. The van der Waals surface area contributed by atoms with Crippen LogP contribution in [0.1, 0.15) is 26.7 Å². The minimum absolute atomic E-state index is 0.0979. The Morgan fingerprint density at radius 3 is 2.50 bits per heavy atom. The largest absolute Gasteiger partial charge is 0.330 e. The monoisotopic (exact) mass is 272 g/mol. The Kier molecular flexibility index (Phi) is 5.65. The number of unbranched alkanes of at least 4 members (excludes halogenated alkanes) is 1. The van der Waals surface area contributed by atoms with E-state index in [4.69, 9.17) is 0 Å². The van der Waals surface area contributed by atoms with Crippen LogP contribution in [0.4, 0.5) is 4.79 Å². The van der Waals surface area contributed by atoms with Crippen molar-refractivity contribution in [2.45, 2.75) is 26.7 Å². The predicted octanol–water partition coefficient (Wildman–Crippen LogP) is 1.48. The third-order valence-corrected chi connectivity index (χ3v) is 3.63. The molecule has 6 heteroatoms. The van der Waals surface area contributed by atoms with Gasteiger partial charge in [0.2, 0.25) is 11.8 Å². The van der Waals surface area contributed by atoms with Gasteiger partial charge in [-0.3, -0.25) is 19.8 Å². The molecular formula is C12H20N2O3S. The Labute approximate surface area is 112 Å². The van der Waals surface area contributed by atoms with Crippen LogP contribution in [0.2, 0.25) is 0 Å². The van der Waals surface area contributed by atoms with Crippen molar-refractivity contribution in [3.8, 4) is 0 Å². The zero-order valence-corrected chi connectivity index (χ0v) is 11.9. The molecule has 0 aromatic heterocycles. The van der Waals surface area contributed by atoms with Gasteiger partial charge in [0, 0.05) is 6.54 Å². The minimum atomic E-state index is -0.733. The second-order valence-electron chi connectivity index (χ2n) is 4.71. The highest BCUT2D eigenvalue weighted by molar-refractivity contribution is 7.98. The predicted molar refractivity (Wildman–Crippen MR) is 71.2 cm³/mol. The van der Waals surface area contributed by atoms with Crippen LogP contribution in [0.3, 0.4) is 0 Å².